The highest BCUT2D eigenvalue weighted by molar-refractivity contribution is 7.14. The molecule has 0 aliphatic carbocycles. The molecule has 0 atom stereocenters. The standard InChI is InChI=1S/C11H17NOS/c1-4-12(5-2)8-10-6-7-11(14-10)9(3)13/h6-7H,4-5,8H2,1-3H3. The number of Topliss-reactive ketones (excluding diaryl/α,β-unsaturated/α-hetero) is 1. The van der Waals surface area contributed by atoms with E-state index in [1.165, 1.54) is 4.88 Å². The third kappa shape index (κ3) is 2.93. The summed E-state index contributed by atoms with van der Waals surface area (Å²) in [6.07, 6.45) is 0. The van der Waals surface area contributed by atoms with Crippen molar-refractivity contribution in [2.45, 2.75) is 27.3 Å². The van der Waals surface area contributed by atoms with Crippen molar-refractivity contribution in [2.75, 3.05) is 13.1 Å². The largest absolute Gasteiger partial charge is 0.299 e. The lowest BCUT2D eigenvalue weighted by Crippen LogP contribution is -2.21. The predicted octanol–water partition coefficient (Wildman–Crippen LogP) is 2.79. The highest BCUT2D eigenvalue weighted by Gasteiger charge is 2.06. The molecule has 1 aromatic rings. The van der Waals surface area contributed by atoms with Gasteiger partial charge in [0, 0.05) is 11.4 Å². The molecule has 0 aromatic carbocycles. The van der Waals surface area contributed by atoms with E-state index in [1.807, 2.05) is 6.07 Å². The Morgan fingerprint density at radius 3 is 2.43 bits per heavy atom. The minimum Gasteiger partial charge on any atom is -0.299 e. The van der Waals surface area contributed by atoms with Gasteiger partial charge in [-0.05, 0) is 32.1 Å². The van der Waals surface area contributed by atoms with Crippen molar-refractivity contribution in [3.8, 4) is 0 Å². The zero-order valence-electron chi connectivity index (χ0n) is 9.04. The number of rotatable bonds is 5. The maximum absolute atomic E-state index is 11.1. The first-order valence-electron chi connectivity index (χ1n) is 4.99. The van der Waals surface area contributed by atoms with Crippen LogP contribution in [0, 0.1) is 0 Å². The summed E-state index contributed by atoms with van der Waals surface area (Å²) in [5.74, 6) is 0.167. The van der Waals surface area contributed by atoms with Crippen molar-refractivity contribution in [1.82, 2.24) is 4.90 Å². The van der Waals surface area contributed by atoms with Crippen LogP contribution in [-0.4, -0.2) is 23.8 Å². The smallest absolute Gasteiger partial charge is 0.169 e. The molecule has 0 aliphatic heterocycles. The summed E-state index contributed by atoms with van der Waals surface area (Å²) in [6, 6.07) is 3.98. The van der Waals surface area contributed by atoms with Crippen LogP contribution in [0.5, 0.6) is 0 Å². The van der Waals surface area contributed by atoms with Crippen LogP contribution in [-0.2, 0) is 6.54 Å². The van der Waals surface area contributed by atoms with Crippen molar-refractivity contribution in [3.05, 3.63) is 21.9 Å². The summed E-state index contributed by atoms with van der Waals surface area (Å²) in [7, 11) is 0. The Hall–Kier alpha value is -0.670. The van der Waals surface area contributed by atoms with E-state index in [-0.39, 0.29) is 5.78 Å². The number of thiophene rings is 1. The third-order valence-electron chi connectivity index (χ3n) is 2.28. The van der Waals surface area contributed by atoms with Crippen LogP contribution in [0.3, 0.4) is 0 Å². The molecule has 0 aliphatic rings. The summed E-state index contributed by atoms with van der Waals surface area (Å²) in [5.41, 5.74) is 0. The van der Waals surface area contributed by atoms with Gasteiger partial charge >= 0.3 is 0 Å². The molecule has 1 rings (SSSR count). The molecule has 0 fully saturated rings. The number of hydrogen-bond acceptors (Lipinski definition) is 3. The molecule has 0 N–H and O–H groups in total. The van der Waals surface area contributed by atoms with E-state index in [1.54, 1.807) is 18.3 Å². The SMILES string of the molecule is CCN(CC)Cc1ccc(C(C)=O)s1. The molecule has 2 nitrogen and oxygen atoms in total. The number of nitrogens with zero attached hydrogens (tertiary/aromatic N) is 1. The van der Waals surface area contributed by atoms with Gasteiger partial charge in [0.05, 0.1) is 4.88 Å². The summed E-state index contributed by atoms with van der Waals surface area (Å²) in [4.78, 5) is 15.6. The van der Waals surface area contributed by atoms with Crippen molar-refractivity contribution in [2.24, 2.45) is 0 Å². The second kappa shape index (κ2) is 5.27. The summed E-state index contributed by atoms with van der Waals surface area (Å²) < 4.78 is 0. The van der Waals surface area contributed by atoms with Crippen molar-refractivity contribution in [1.29, 1.82) is 0 Å². The topological polar surface area (TPSA) is 20.3 Å². The summed E-state index contributed by atoms with van der Waals surface area (Å²) in [5, 5.41) is 0. The van der Waals surface area contributed by atoms with Gasteiger partial charge in [0.1, 0.15) is 0 Å². The number of carbonyl (C=O) groups excluding carboxylic acids is 1. The zero-order valence-corrected chi connectivity index (χ0v) is 9.86. The Morgan fingerprint density at radius 1 is 1.36 bits per heavy atom. The van der Waals surface area contributed by atoms with Crippen LogP contribution in [0.1, 0.15) is 35.3 Å². The fourth-order valence-electron chi connectivity index (χ4n) is 1.32. The Kier molecular flexibility index (Phi) is 4.29. The Balaban J connectivity index is 2.63. The first-order valence-corrected chi connectivity index (χ1v) is 5.81. The van der Waals surface area contributed by atoms with Gasteiger partial charge < -0.3 is 0 Å². The lowest BCUT2D eigenvalue weighted by Gasteiger charge is -2.16. The van der Waals surface area contributed by atoms with E-state index in [0.29, 0.717) is 0 Å². The average Bonchev–Trinajstić information content (AvgIpc) is 2.62. The quantitative estimate of drug-likeness (QED) is 0.698. The second-order valence-electron chi connectivity index (χ2n) is 3.28. The molecule has 0 radical (unpaired) electrons. The molecular weight excluding hydrogens is 194 g/mol. The highest BCUT2D eigenvalue weighted by Crippen LogP contribution is 2.18. The van der Waals surface area contributed by atoms with Crippen LogP contribution in [0.4, 0.5) is 0 Å². The van der Waals surface area contributed by atoms with E-state index < -0.39 is 0 Å². The fourth-order valence-corrected chi connectivity index (χ4v) is 2.27. The monoisotopic (exact) mass is 211 g/mol. The van der Waals surface area contributed by atoms with E-state index >= 15 is 0 Å². The van der Waals surface area contributed by atoms with Crippen LogP contribution in [0.15, 0.2) is 12.1 Å². The zero-order chi connectivity index (χ0) is 10.6. The molecule has 1 aromatic heterocycles. The first kappa shape index (κ1) is 11.4. The maximum Gasteiger partial charge on any atom is 0.169 e. The van der Waals surface area contributed by atoms with E-state index in [9.17, 15) is 4.79 Å². The van der Waals surface area contributed by atoms with Gasteiger partial charge in [0.15, 0.2) is 5.78 Å². The third-order valence-corrected chi connectivity index (χ3v) is 3.45. The minimum atomic E-state index is 0.167. The molecule has 78 valence electrons. The van der Waals surface area contributed by atoms with Gasteiger partial charge in [-0.3, -0.25) is 9.69 Å². The molecule has 0 spiro atoms. The van der Waals surface area contributed by atoms with Crippen molar-refractivity contribution < 1.29 is 4.79 Å². The summed E-state index contributed by atoms with van der Waals surface area (Å²) >= 11 is 1.61. The average molecular weight is 211 g/mol. The van der Waals surface area contributed by atoms with Crippen LogP contribution >= 0.6 is 11.3 Å². The van der Waals surface area contributed by atoms with Crippen molar-refractivity contribution >= 4 is 17.1 Å². The Bertz CT molecular complexity index is 302. The first-order chi connectivity index (χ1) is 6.67. The fraction of sp³-hybridized carbons (Fsp3) is 0.545. The molecule has 0 bridgehead atoms. The van der Waals surface area contributed by atoms with Gasteiger partial charge in [-0.1, -0.05) is 13.8 Å². The van der Waals surface area contributed by atoms with Gasteiger partial charge in [-0.2, -0.15) is 0 Å². The van der Waals surface area contributed by atoms with Crippen LogP contribution in [0.2, 0.25) is 0 Å². The minimum absolute atomic E-state index is 0.167. The van der Waals surface area contributed by atoms with Gasteiger partial charge in [0.25, 0.3) is 0 Å². The molecule has 14 heavy (non-hydrogen) atoms. The Labute approximate surface area is 89.5 Å². The molecule has 0 saturated heterocycles. The van der Waals surface area contributed by atoms with Gasteiger partial charge in [0.2, 0.25) is 0 Å². The predicted molar refractivity (Wildman–Crippen MR) is 60.9 cm³/mol. The lowest BCUT2D eigenvalue weighted by atomic mass is 10.3. The maximum atomic E-state index is 11.1. The van der Waals surface area contributed by atoms with Gasteiger partial charge in [-0.25, -0.2) is 0 Å². The lowest BCUT2D eigenvalue weighted by molar-refractivity contribution is 0.102. The number of ketones is 1. The van der Waals surface area contributed by atoms with E-state index in [2.05, 4.69) is 24.8 Å². The van der Waals surface area contributed by atoms with Crippen molar-refractivity contribution in [3.63, 3.8) is 0 Å². The molecule has 0 saturated carbocycles. The molecule has 1 heterocycles. The molecule has 3 heteroatoms. The van der Waals surface area contributed by atoms with Crippen LogP contribution < -0.4 is 0 Å². The van der Waals surface area contributed by atoms with E-state index in [0.717, 1.165) is 24.5 Å². The normalized spacial score (nSPS) is 10.9. The second-order valence-corrected chi connectivity index (χ2v) is 4.45. The Morgan fingerprint density at radius 2 is 2.00 bits per heavy atom. The highest BCUT2D eigenvalue weighted by atomic mass is 32.1. The number of carbonyl (C=O) groups is 1. The number of hydrogen-bond donors (Lipinski definition) is 0. The molecular formula is C11H17NOS. The molecule has 0 amide bonds. The molecule has 0 unspecified atom stereocenters. The summed E-state index contributed by atoms with van der Waals surface area (Å²) in [6.45, 7) is 9.01. The van der Waals surface area contributed by atoms with Gasteiger partial charge in [-0.15, -0.1) is 11.3 Å². The van der Waals surface area contributed by atoms with Crippen LogP contribution in [0.25, 0.3) is 0 Å². The van der Waals surface area contributed by atoms with E-state index in [4.69, 9.17) is 0 Å².